The molecule has 0 amide bonds. The number of thiophene rings is 2. The van der Waals surface area contributed by atoms with Gasteiger partial charge in [-0.1, -0.05) is 45.4 Å². The predicted molar refractivity (Wildman–Crippen MR) is 105 cm³/mol. The minimum absolute atomic E-state index is 0.452. The highest BCUT2D eigenvalue weighted by Crippen LogP contribution is 2.54. The lowest BCUT2D eigenvalue weighted by molar-refractivity contribution is 0.129. The summed E-state index contributed by atoms with van der Waals surface area (Å²) in [6.45, 7) is 2.36. The summed E-state index contributed by atoms with van der Waals surface area (Å²) in [6.07, 6.45) is 14.2. The summed E-state index contributed by atoms with van der Waals surface area (Å²) < 4.78 is 2.69. The van der Waals surface area contributed by atoms with Crippen LogP contribution in [0.4, 0.5) is 0 Å². The molecule has 0 bridgehead atoms. The van der Waals surface area contributed by atoms with Gasteiger partial charge in [0.05, 0.1) is 0 Å². The van der Waals surface area contributed by atoms with E-state index in [-0.39, 0.29) is 0 Å². The molecule has 0 aromatic carbocycles. The Bertz CT molecular complexity index is 702. The second kappa shape index (κ2) is 6.81. The number of fused-ring (bicyclic) bond motifs is 1. The topological polar surface area (TPSA) is 23.8 Å². The fourth-order valence-corrected chi connectivity index (χ4v) is 7.82. The van der Waals surface area contributed by atoms with E-state index in [9.17, 15) is 0 Å². The minimum atomic E-state index is 0.452. The molecule has 2 aliphatic rings. The zero-order valence-corrected chi connectivity index (χ0v) is 16.3. The third-order valence-corrected chi connectivity index (χ3v) is 9.18. The van der Waals surface area contributed by atoms with Crippen LogP contribution in [0.1, 0.15) is 80.9 Å². The van der Waals surface area contributed by atoms with Crippen molar-refractivity contribution in [3.05, 3.63) is 21.9 Å². The summed E-state index contributed by atoms with van der Waals surface area (Å²) in [6, 6.07) is 6.88. The lowest BCUT2D eigenvalue weighted by Crippen LogP contribution is -2.38. The van der Waals surface area contributed by atoms with Crippen LogP contribution < -0.4 is 0 Å². The van der Waals surface area contributed by atoms with Crippen molar-refractivity contribution in [2.24, 2.45) is 11.8 Å². The SMILES string of the molecule is CC[C@H]1CC[C@H](C2(c3cc4sc(C#N)cc4s3)CCCCC2)CC1. The van der Waals surface area contributed by atoms with Gasteiger partial charge in [-0.2, -0.15) is 5.26 Å². The Hall–Kier alpha value is -0.850. The Morgan fingerprint density at radius 1 is 1.04 bits per heavy atom. The summed E-state index contributed by atoms with van der Waals surface area (Å²) in [5.74, 6) is 1.87. The van der Waals surface area contributed by atoms with Crippen LogP contribution in [0, 0.1) is 23.2 Å². The zero-order chi connectivity index (χ0) is 16.6. The van der Waals surface area contributed by atoms with Gasteiger partial charge in [0.1, 0.15) is 10.9 Å². The average molecular weight is 358 g/mol. The van der Waals surface area contributed by atoms with Crippen LogP contribution in [0.2, 0.25) is 0 Å². The lowest BCUT2D eigenvalue weighted by atomic mass is 9.60. The largest absolute Gasteiger partial charge is 0.192 e. The first kappa shape index (κ1) is 16.6. The van der Waals surface area contributed by atoms with Crippen LogP contribution in [-0.4, -0.2) is 0 Å². The Labute approximate surface area is 153 Å². The first-order valence-corrected chi connectivity index (χ1v) is 11.3. The predicted octanol–water partition coefficient (Wildman–Crippen LogP) is 7.25. The monoisotopic (exact) mass is 357 g/mol. The molecule has 2 aromatic rings. The molecule has 0 radical (unpaired) electrons. The first-order chi connectivity index (χ1) is 11.7. The number of nitrogens with zero attached hydrogens (tertiary/aromatic N) is 1. The van der Waals surface area contributed by atoms with Crippen LogP contribution in [0.15, 0.2) is 12.1 Å². The average Bonchev–Trinajstić information content (AvgIpc) is 3.21. The summed E-state index contributed by atoms with van der Waals surface area (Å²) in [4.78, 5) is 2.51. The molecule has 3 heteroatoms. The molecule has 1 nitrogen and oxygen atoms in total. The van der Waals surface area contributed by atoms with Gasteiger partial charge in [0.25, 0.3) is 0 Å². The van der Waals surface area contributed by atoms with Crippen molar-refractivity contribution in [3.8, 4) is 6.07 Å². The highest BCUT2D eigenvalue weighted by molar-refractivity contribution is 7.28. The van der Waals surface area contributed by atoms with Crippen molar-refractivity contribution < 1.29 is 0 Å². The van der Waals surface area contributed by atoms with E-state index >= 15 is 0 Å². The van der Waals surface area contributed by atoms with E-state index in [0.29, 0.717) is 5.41 Å². The van der Waals surface area contributed by atoms with Crippen LogP contribution in [0.5, 0.6) is 0 Å². The molecule has 0 N–H and O–H groups in total. The maximum atomic E-state index is 9.14. The van der Waals surface area contributed by atoms with Gasteiger partial charge in [-0.25, -0.2) is 0 Å². The van der Waals surface area contributed by atoms with E-state index in [1.807, 2.05) is 11.3 Å². The lowest BCUT2D eigenvalue weighted by Gasteiger charge is -2.46. The van der Waals surface area contributed by atoms with Gasteiger partial charge in [0.2, 0.25) is 0 Å². The summed E-state index contributed by atoms with van der Waals surface area (Å²) in [5, 5.41) is 9.14. The Morgan fingerprint density at radius 2 is 1.75 bits per heavy atom. The van der Waals surface area contributed by atoms with E-state index in [1.54, 1.807) is 16.2 Å². The second-order valence-electron chi connectivity index (χ2n) is 7.90. The van der Waals surface area contributed by atoms with Gasteiger partial charge in [-0.3, -0.25) is 0 Å². The summed E-state index contributed by atoms with van der Waals surface area (Å²) >= 11 is 3.68. The van der Waals surface area contributed by atoms with E-state index in [1.165, 1.54) is 73.6 Å². The molecule has 4 rings (SSSR count). The van der Waals surface area contributed by atoms with E-state index < -0.39 is 0 Å². The molecule has 0 unspecified atom stereocenters. The van der Waals surface area contributed by atoms with E-state index in [4.69, 9.17) is 5.26 Å². The molecule has 128 valence electrons. The second-order valence-corrected chi connectivity index (χ2v) is 10.1. The van der Waals surface area contributed by atoms with Crippen molar-refractivity contribution in [1.29, 1.82) is 5.26 Å². The molecule has 0 atom stereocenters. The first-order valence-electron chi connectivity index (χ1n) is 9.69. The number of hydrogen-bond acceptors (Lipinski definition) is 3. The summed E-state index contributed by atoms with van der Waals surface area (Å²) in [7, 11) is 0. The van der Waals surface area contributed by atoms with Gasteiger partial charge >= 0.3 is 0 Å². The summed E-state index contributed by atoms with van der Waals surface area (Å²) in [5.41, 5.74) is 0.452. The van der Waals surface area contributed by atoms with Gasteiger partial charge in [0.15, 0.2) is 0 Å². The number of rotatable bonds is 3. The van der Waals surface area contributed by atoms with Gasteiger partial charge in [0, 0.05) is 19.7 Å². The fourth-order valence-electron chi connectivity index (χ4n) is 5.30. The Morgan fingerprint density at radius 3 is 2.38 bits per heavy atom. The van der Waals surface area contributed by atoms with Crippen molar-refractivity contribution in [1.82, 2.24) is 0 Å². The van der Waals surface area contributed by atoms with Crippen molar-refractivity contribution in [2.75, 3.05) is 0 Å². The van der Waals surface area contributed by atoms with Gasteiger partial charge in [-0.05, 0) is 49.7 Å². The highest BCUT2D eigenvalue weighted by Gasteiger charge is 2.43. The number of hydrogen-bond donors (Lipinski definition) is 0. The molecule has 2 saturated carbocycles. The maximum absolute atomic E-state index is 9.14. The van der Waals surface area contributed by atoms with E-state index in [2.05, 4.69) is 25.1 Å². The highest BCUT2D eigenvalue weighted by atomic mass is 32.1. The molecule has 0 aliphatic heterocycles. The fraction of sp³-hybridized carbons (Fsp3) is 0.667. The molecule has 2 aromatic heterocycles. The normalized spacial score (nSPS) is 27.2. The van der Waals surface area contributed by atoms with Crippen molar-refractivity contribution in [3.63, 3.8) is 0 Å². The molecule has 2 heterocycles. The molecule has 2 aliphatic carbocycles. The van der Waals surface area contributed by atoms with Crippen LogP contribution in [0.25, 0.3) is 9.40 Å². The Kier molecular flexibility index (Phi) is 4.71. The van der Waals surface area contributed by atoms with Crippen LogP contribution in [0.3, 0.4) is 0 Å². The van der Waals surface area contributed by atoms with Crippen molar-refractivity contribution in [2.45, 2.75) is 76.5 Å². The third kappa shape index (κ3) is 2.82. The minimum Gasteiger partial charge on any atom is -0.192 e. The Balaban J connectivity index is 1.67. The van der Waals surface area contributed by atoms with Gasteiger partial charge < -0.3 is 0 Å². The third-order valence-electron chi connectivity index (χ3n) is 6.76. The van der Waals surface area contributed by atoms with Crippen LogP contribution >= 0.6 is 22.7 Å². The van der Waals surface area contributed by atoms with Crippen molar-refractivity contribution >= 4 is 32.1 Å². The molecule has 2 fully saturated rings. The van der Waals surface area contributed by atoms with E-state index in [0.717, 1.165) is 16.7 Å². The molecule has 0 spiro atoms. The standard InChI is InChI=1S/C21H27NS2/c1-2-15-6-8-16(9-7-15)21(10-4-3-5-11-21)20-13-19-18(24-20)12-17(14-22)23-19/h12-13,15-16H,2-11H2,1H3/t15-,16-. The zero-order valence-electron chi connectivity index (χ0n) is 14.6. The number of nitriles is 1. The smallest absolute Gasteiger partial charge is 0.110 e. The molecule has 24 heavy (non-hydrogen) atoms. The molecule has 0 saturated heterocycles. The quantitative estimate of drug-likeness (QED) is 0.567. The van der Waals surface area contributed by atoms with Gasteiger partial charge in [-0.15, -0.1) is 22.7 Å². The molecular weight excluding hydrogens is 330 g/mol. The maximum Gasteiger partial charge on any atom is 0.110 e. The van der Waals surface area contributed by atoms with Crippen LogP contribution in [-0.2, 0) is 5.41 Å². The molecular formula is C21H27NS2.